The number of carbonyl (C=O) groups is 1. The van der Waals surface area contributed by atoms with Gasteiger partial charge in [0.15, 0.2) is 11.5 Å². The first-order chi connectivity index (χ1) is 12.8. The highest BCUT2D eigenvalue weighted by Gasteiger charge is 2.21. The van der Waals surface area contributed by atoms with Crippen LogP contribution in [0.3, 0.4) is 0 Å². The number of nitrogens with one attached hydrogen (secondary N) is 2. The first-order valence-corrected chi connectivity index (χ1v) is 10.0. The summed E-state index contributed by atoms with van der Waals surface area (Å²) < 4.78 is 37.6. The van der Waals surface area contributed by atoms with E-state index in [9.17, 15) is 13.2 Å². The van der Waals surface area contributed by atoms with Crippen molar-refractivity contribution >= 4 is 21.6 Å². The number of hydrogen-bond acceptors (Lipinski definition) is 5. The highest BCUT2D eigenvalue weighted by atomic mass is 32.2. The van der Waals surface area contributed by atoms with E-state index in [1.54, 1.807) is 0 Å². The maximum atomic E-state index is 12.4. The second-order valence-corrected chi connectivity index (χ2v) is 8.35. The number of amides is 1. The Morgan fingerprint density at radius 2 is 1.89 bits per heavy atom. The number of para-hydroxylation sites is 1. The Morgan fingerprint density at radius 1 is 1.15 bits per heavy atom. The summed E-state index contributed by atoms with van der Waals surface area (Å²) in [5.41, 5.74) is 2.65. The number of benzene rings is 2. The fraction of sp³-hybridized carbons (Fsp3) is 0.316. The zero-order chi connectivity index (χ0) is 19.6. The fourth-order valence-corrected chi connectivity index (χ4v) is 3.81. The second kappa shape index (κ2) is 7.58. The predicted molar refractivity (Wildman–Crippen MR) is 102 cm³/mol. The first kappa shape index (κ1) is 19.2. The molecule has 0 saturated heterocycles. The van der Waals surface area contributed by atoms with E-state index in [0.29, 0.717) is 11.5 Å². The van der Waals surface area contributed by atoms with E-state index in [-0.39, 0.29) is 24.2 Å². The van der Waals surface area contributed by atoms with Crippen LogP contribution in [-0.4, -0.2) is 27.7 Å². The van der Waals surface area contributed by atoms with Gasteiger partial charge in [-0.1, -0.05) is 32.0 Å². The SMILES string of the molecule is Cc1cccc(C(C)C)c1NC(=O)CNS(=O)(=O)c1ccc2c(c1)OCO2. The zero-order valence-corrected chi connectivity index (χ0v) is 16.2. The average molecular weight is 390 g/mol. The van der Waals surface area contributed by atoms with Crippen molar-refractivity contribution in [1.29, 1.82) is 0 Å². The van der Waals surface area contributed by atoms with Gasteiger partial charge in [-0.05, 0) is 36.1 Å². The quantitative estimate of drug-likeness (QED) is 0.791. The van der Waals surface area contributed by atoms with Crippen LogP contribution in [0.25, 0.3) is 0 Å². The molecule has 0 unspecified atom stereocenters. The highest BCUT2D eigenvalue weighted by molar-refractivity contribution is 7.89. The number of ether oxygens (including phenoxy) is 2. The molecule has 3 rings (SSSR count). The molecule has 0 aliphatic carbocycles. The van der Waals surface area contributed by atoms with Crippen molar-refractivity contribution in [1.82, 2.24) is 4.72 Å². The van der Waals surface area contributed by atoms with Crippen LogP contribution in [0.15, 0.2) is 41.3 Å². The molecule has 0 fully saturated rings. The summed E-state index contributed by atoms with van der Waals surface area (Å²) in [6.45, 7) is 5.66. The molecule has 144 valence electrons. The van der Waals surface area contributed by atoms with Crippen LogP contribution in [-0.2, 0) is 14.8 Å². The van der Waals surface area contributed by atoms with E-state index in [1.807, 2.05) is 39.0 Å². The molecule has 2 aromatic carbocycles. The van der Waals surface area contributed by atoms with Gasteiger partial charge in [-0.25, -0.2) is 13.1 Å². The number of aryl methyl sites for hydroxylation is 1. The Balaban J connectivity index is 1.69. The lowest BCUT2D eigenvalue weighted by atomic mass is 9.98. The molecule has 7 nitrogen and oxygen atoms in total. The maximum absolute atomic E-state index is 12.4. The normalized spacial score (nSPS) is 13.0. The monoisotopic (exact) mass is 390 g/mol. The van der Waals surface area contributed by atoms with Gasteiger partial charge in [0.25, 0.3) is 0 Å². The van der Waals surface area contributed by atoms with Gasteiger partial charge >= 0.3 is 0 Å². The molecule has 1 heterocycles. The Morgan fingerprint density at radius 3 is 2.63 bits per heavy atom. The summed E-state index contributed by atoms with van der Waals surface area (Å²) in [5, 5.41) is 2.82. The minimum absolute atomic E-state index is 0.0123. The lowest BCUT2D eigenvalue weighted by molar-refractivity contribution is -0.115. The van der Waals surface area contributed by atoms with Crippen LogP contribution in [0.2, 0.25) is 0 Å². The average Bonchev–Trinajstić information content (AvgIpc) is 3.09. The van der Waals surface area contributed by atoms with E-state index in [1.165, 1.54) is 18.2 Å². The van der Waals surface area contributed by atoms with Crippen molar-refractivity contribution in [3.63, 3.8) is 0 Å². The molecule has 0 saturated carbocycles. The van der Waals surface area contributed by atoms with Crippen LogP contribution >= 0.6 is 0 Å². The topological polar surface area (TPSA) is 93.7 Å². The van der Waals surface area contributed by atoms with E-state index in [4.69, 9.17) is 9.47 Å². The standard InChI is InChI=1S/C19H22N2O5S/c1-12(2)15-6-4-5-13(3)19(15)21-18(22)10-20-27(23,24)14-7-8-16-17(9-14)26-11-25-16/h4-9,12,20H,10-11H2,1-3H3,(H,21,22). The van der Waals surface area contributed by atoms with Gasteiger partial charge < -0.3 is 14.8 Å². The lowest BCUT2D eigenvalue weighted by Crippen LogP contribution is -2.33. The molecule has 0 radical (unpaired) electrons. The predicted octanol–water partition coefficient (Wildman–Crippen LogP) is 2.76. The smallest absolute Gasteiger partial charge is 0.241 e. The third kappa shape index (κ3) is 4.23. The Hall–Kier alpha value is -2.58. The molecule has 0 atom stereocenters. The lowest BCUT2D eigenvalue weighted by Gasteiger charge is -2.16. The van der Waals surface area contributed by atoms with Crippen LogP contribution in [0.4, 0.5) is 5.69 Å². The van der Waals surface area contributed by atoms with Gasteiger partial charge in [0, 0.05) is 11.8 Å². The summed E-state index contributed by atoms with van der Waals surface area (Å²) in [4.78, 5) is 12.3. The molecule has 2 N–H and O–H groups in total. The van der Waals surface area contributed by atoms with Gasteiger partial charge in [0.2, 0.25) is 22.7 Å². The molecular formula is C19H22N2O5S. The Bertz CT molecular complexity index is 970. The third-order valence-corrected chi connectivity index (χ3v) is 5.67. The minimum Gasteiger partial charge on any atom is -0.454 e. The molecule has 1 amide bonds. The highest BCUT2D eigenvalue weighted by Crippen LogP contribution is 2.33. The van der Waals surface area contributed by atoms with E-state index in [2.05, 4.69) is 10.0 Å². The largest absolute Gasteiger partial charge is 0.454 e. The summed E-state index contributed by atoms with van der Waals surface area (Å²) in [6.07, 6.45) is 0. The van der Waals surface area contributed by atoms with Gasteiger partial charge in [0.05, 0.1) is 11.4 Å². The van der Waals surface area contributed by atoms with Crippen LogP contribution in [0, 0.1) is 6.92 Å². The molecule has 2 aromatic rings. The molecule has 1 aliphatic rings. The van der Waals surface area contributed by atoms with Crippen molar-refractivity contribution < 1.29 is 22.7 Å². The number of carbonyl (C=O) groups excluding carboxylic acids is 1. The first-order valence-electron chi connectivity index (χ1n) is 8.56. The van der Waals surface area contributed by atoms with Gasteiger partial charge in [-0.2, -0.15) is 0 Å². The molecule has 27 heavy (non-hydrogen) atoms. The fourth-order valence-electron chi connectivity index (χ4n) is 2.81. The summed E-state index contributed by atoms with van der Waals surface area (Å²) in [5.74, 6) is 0.650. The van der Waals surface area contributed by atoms with Gasteiger partial charge in [-0.15, -0.1) is 0 Å². The summed E-state index contributed by atoms with van der Waals surface area (Å²) in [7, 11) is -3.85. The van der Waals surface area contributed by atoms with Crippen molar-refractivity contribution in [3.05, 3.63) is 47.5 Å². The molecule has 1 aliphatic heterocycles. The number of anilines is 1. The van der Waals surface area contributed by atoms with Gasteiger partial charge in [-0.3, -0.25) is 4.79 Å². The molecule has 0 aromatic heterocycles. The Kier molecular flexibility index (Phi) is 5.38. The van der Waals surface area contributed by atoms with E-state index < -0.39 is 15.9 Å². The zero-order valence-electron chi connectivity index (χ0n) is 15.4. The molecule has 8 heteroatoms. The van der Waals surface area contributed by atoms with Crippen molar-refractivity contribution in [2.45, 2.75) is 31.6 Å². The number of fused-ring (bicyclic) bond motifs is 1. The Labute approximate surface area is 158 Å². The van der Waals surface area contributed by atoms with E-state index >= 15 is 0 Å². The van der Waals surface area contributed by atoms with Gasteiger partial charge in [0.1, 0.15) is 0 Å². The molecule has 0 bridgehead atoms. The van der Waals surface area contributed by atoms with Crippen molar-refractivity contribution in [3.8, 4) is 11.5 Å². The number of hydrogen-bond donors (Lipinski definition) is 2. The number of sulfonamides is 1. The van der Waals surface area contributed by atoms with Crippen LogP contribution in [0.1, 0.15) is 30.9 Å². The number of rotatable bonds is 6. The van der Waals surface area contributed by atoms with E-state index in [0.717, 1.165) is 16.8 Å². The second-order valence-electron chi connectivity index (χ2n) is 6.58. The van der Waals surface area contributed by atoms with Crippen LogP contribution < -0.4 is 19.5 Å². The summed E-state index contributed by atoms with van der Waals surface area (Å²) in [6, 6.07) is 10.1. The van der Waals surface area contributed by atoms with Crippen molar-refractivity contribution in [2.24, 2.45) is 0 Å². The maximum Gasteiger partial charge on any atom is 0.241 e. The van der Waals surface area contributed by atoms with Crippen molar-refractivity contribution in [2.75, 3.05) is 18.7 Å². The molecular weight excluding hydrogens is 368 g/mol. The summed E-state index contributed by atoms with van der Waals surface area (Å²) >= 11 is 0. The molecule has 0 spiro atoms. The third-order valence-electron chi connectivity index (χ3n) is 4.27. The minimum atomic E-state index is -3.85. The van der Waals surface area contributed by atoms with Crippen LogP contribution in [0.5, 0.6) is 11.5 Å².